The number of Topliss-reactive ketones (excluding diaryl/α,β-unsaturated/α-hetero) is 1. The Morgan fingerprint density at radius 2 is 0.978 bits per heavy atom. The summed E-state index contributed by atoms with van der Waals surface area (Å²) < 4.78 is 49.1. The van der Waals surface area contributed by atoms with E-state index in [1.165, 1.54) is 76.3 Å². The van der Waals surface area contributed by atoms with Gasteiger partial charge in [-0.05, 0) is 234 Å². The summed E-state index contributed by atoms with van der Waals surface area (Å²) in [5.41, 5.74) is 10.5. The molecule has 42 heteroatoms. The van der Waals surface area contributed by atoms with Crippen molar-refractivity contribution in [2.45, 2.75) is 191 Å². The predicted molar refractivity (Wildman–Crippen MR) is 520 cm³/mol. The van der Waals surface area contributed by atoms with E-state index in [0.29, 0.717) is 149 Å². The molecule has 6 saturated heterocycles. The van der Waals surface area contributed by atoms with Gasteiger partial charge in [0.25, 0.3) is 16.7 Å². The van der Waals surface area contributed by atoms with Crippen LogP contribution in [0.5, 0.6) is 11.5 Å². The standard InChI is InChI=1S/C29H31N5O4.C14H16N2O2S.C13H16N2O4.C13H18N2O2.C10H11BrN2O4.C5H3BrN2O3.C5H9BrO.C3H7BO2.CH4/c1-18(35)11-22-13-24(7-9-30-22)38-23-5-6-25-27(14-23)33(2)29(31-25)32-26-12-21(20-3-4-20)16-34(28(26)36)15-19-8-10-37-17-19;15-9-19-13-5-12(11-1-2-11)7-16(14(13)17)6-10-3-4-18-8-10;16-13-12(15(17)18)5-11(10-1-2-10)7-14(13)6-9-3-4-19-8-9;14-12-5-11(10-1-2-10)7-15(13(12)16)6-9-3-4-17-8-9;11-8-3-9(13(15)16)10(14)12(5-8)4-7-1-2-17-6-7;6-3-1-4(8(10)11)5(9)7-2-3;6-3-5-1-2-7-4-5;5-4(6)3-1-2-3;/h5-7,9,12-14,16,19-20H,3-4,8,10-11,15,17H2,1-2H3,(H,31,32);5,7,10-11H,1-4,6,8H2;5,7,9-10H,1-4,6,8H2;5,7,9-10H,1-4,6,8,14H2;3,5,7H,1-2,4,6H2;1-2H,(H,7,9);5H,1-4H2;3,5-6H,1-2H2;1H4. The van der Waals surface area contributed by atoms with Crippen molar-refractivity contribution >= 4 is 118 Å². The first-order chi connectivity index (χ1) is 64.5. The zero-order valence-corrected chi connectivity index (χ0v) is 80.2. The smallest absolute Gasteiger partial charge is 0.454 e. The molecule has 0 spiro atoms. The lowest BCUT2D eigenvalue weighted by molar-refractivity contribution is -0.386. The summed E-state index contributed by atoms with van der Waals surface area (Å²) in [6.07, 6.45) is 30.0. The number of nitrogens with two attached hydrogens (primary N) is 1. The van der Waals surface area contributed by atoms with Crippen molar-refractivity contribution in [2.75, 3.05) is 95.7 Å². The summed E-state index contributed by atoms with van der Waals surface area (Å²) in [5.74, 6) is 6.81. The number of thioether (sulfide) groups is 1. The molecule has 0 amide bonds. The van der Waals surface area contributed by atoms with Crippen LogP contribution in [0.25, 0.3) is 11.0 Å². The van der Waals surface area contributed by atoms with Crippen molar-refractivity contribution in [1.29, 1.82) is 5.26 Å². The number of benzene rings is 1. The van der Waals surface area contributed by atoms with Crippen molar-refractivity contribution in [2.24, 2.45) is 42.6 Å². The number of aromatic nitrogens is 9. The first-order valence-electron chi connectivity index (χ1n) is 45.3. The molecule has 6 atom stereocenters. The summed E-state index contributed by atoms with van der Waals surface area (Å²) in [6.45, 7) is 13.8. The number of aromatic amines is 1. The Labute approximate surface area is 808 Å². The number of hydrogen-bond acceptors (Lipinski definition) is 28. The minimum absolute atomic E-state index is 0. The van der Waals surface area contributed by atoms with Gasteiger partial charge in [0.1, 0.15) is 28.4 Å². The Balaban J connectivity index is 0.000000147. The normalized spacial score (nSPS) is 20.0. The number of ether oxygens (including phenoxy) is 7. The molecule has 5 saturated carbocycles. The Morgan fingerprint density at radius 3 is 1.39 bits per heavy atom. The summed E-state index contributed by atoms with van der Waals surface area (Å²) in [6, 6.07) is 18.8. The second-order valence-corrected chi connectivity index (χ2v) is 39.0. The maximum absolute atomic E-state index is 13.4. The SMILES string of the molecule is BrCC1CCOC1.C.CC(=O)Cc1cc(Oc2ccc3nc(Nc4cc(C5CC5)cn(CC5CCOC5)c4=O)n(C)c3c2)ccn1.N#CSc1cc(C2CC2)cn(CC2CCOC2)c1=O.Nc1cc(C2CC2)cn(CC2CCOC2)c1=O.O=c1[nH]cc(Br)cc1[N+](=O)[O-].O=c1c([N+](=O)[O-])cc(Br)cn1CC1CCOC1.O=c1c([N+](=O)[O-])cc(C2CC2)cn1CC1CCOC1.OB(O)C1CC1. The molecule has 8 aromatic heterocycles. The molecule has 6 N–H and O–H groups in total. The zero-order valence-electron chi connectivity index (χ0n) is 74.6. The van der Waals surface area contributed by atoms with Crippen LogP contribution in [-0.2, 0) is 79.4 Å². The molecule has 0 radical (unpaired) electrons. The number of anilines is 3. The molecule has 724 valence electrons. The Kier molecular flexibility index (Phi) is 38.2. The summed E-state index contributed by atoms with van der Waals surface area (Å²) in [7, 11) is 0.878. The van der Waals surface area contributed by atoms with Crippen LogP contribution in [0.15, 0.2) is 153 Å². The topological polar surface area (TPSA) is 487 Å². The van der Waals surface area contributed by atoms with E-state index in [2.05, 4.69) is 63.1 Å². The van der Waals surface area contributed by atoms with Gasteiger partial charge in [0.15, 0.2) is 0 Å². The number of nitro groups is 3. The summed E-state index contributed by atoms with van der Waals surface area (Å²) in [5, 5.41) is 63.6. The maximum Gasteiger partial charge on any atom is 0.454 e. The molecule has 14 heterocycles. The van der Waals surface area contributed by atoms with Crippen molar-refractivity contribution in [1.82, 2.24) is 42.4 Å². The van der Waals surface area contributed by atoms with Gasteiger partial charge in [-0.2, -0.15) is 5.26 Å². The number of halogens is 3. The molecule has 37 nitrogen and oxygen atoms in total. The highest BCUT2D eigenvalue weighted by Crippen LogP contribution is 2.44. The van der Waals surface area contributed by atoms with E-state index in [1.807, 2.05) is 76.6 Å². The number of nitrogens with one attached hydrogen (secondary N) is 2. The minimum atomic E-state index is -1.04. The van der Waals surface area contributed by atoms with E-state index in [1.54, 1.807) is 46.8 Å². The van der Waals surface area contributed by atoms with Gasteiger partial charge >= 0.3 is 40.9 Å². The van der Waals surface area contributed by atoms with E-state index in [9.17, 15) is 63.9 Å². The lowest BCUT2D eigenvalue weighted by atomic mass is 9.84. The second kappa shape index (κ2) is 49.7. The molecular weight excluding hydrogens is 1960 g/mol. The van der Waals surface area contributed by atoms with Crippen LogP contribution >= 0.6 is 59.6 Å². The number of hydrogen-bond donors (Lipinski definition) is 5. The van der Waals surface area contributed by atoms with Gasteiger partial charge in [-0.15, -0.1) is 0 Å². The number of rotatable bonds is 26. The molecule has 11 fully saturated rings. The van der Waals surface area contributed by atoms with Gasteiger partial charge in [0.2, 0.25) is 5.95 Å². The number of nitrogen functional groups attached to an aromatic ring is 1. The van der Waals surface area contributed by atoms with Crippen LogP contribution in [0.1, 0.15) is 169 Å². The van der Waals surface area contributed by atoms with E-state index < -0.39 is 49.9 Å². The highest BCUT2D eigenvalue weighted by Gasteiger charge is 2.35. The monoisotopic (exact) mass is 2070 g/mol. The zero-order chi connectivity index (χ0) is 95.2. The molecule has 1 aromatic carbocycles. The highest BCUT2D eigenvalue weighted by atomic mass is 79.9. The third-order valence-corrected chi connectivity index (χ3v) is 26.9. The number of carbonyl (C=O) groups excluding carboxylic acids is 1. The largest absolute Gasteiger partial charge is 0.457 e. The van der Waals surface area contributed by atoms with Crippen LogP contribution in [0.4, 0.5) is 34.4 Å². The van der Waals surface area contributed by atoms with Gasteiger partial charge < -0.3 is 86.6 Å². The fourth-order valence-corrected chi connectivity index (χ4v) is 17.9. The lowest BCUT2D eigenvalue weighted by Gasteiger charge is -2.15. The van der Waals surface area contributed by atoms with E-state index in [4.69, 9.17) is 59.2 Å². The molecule has 5 aliphatic carbocycles. The van der Waals surface area contributed by atoms with E-state index in [0.717, 1.165) is 169 Å². The maximum atomic E-state index is 13.4. The average molecular weight is 2080 g/mol. The van der Waals surface area contributed by atoms with Crippen LogP contribution < -0.4 is 49.1 Å². The van der Waals surface area contributed by atoms with Crippen LogP contribution in [-0.4, -0.2) is 165 Å². The molecular formula is C93H115BBr3N15O22S. The van der Waals surface area contributed by atoms with Crippen molar-refractivity contribution < 1.29 is 62.8 Å². The summed E-state index contributed by atoms with van der Waals surface area (Å²) >= 11 is 10.5. The Bertz CT molecular complexity index is 6030. The molecule has 6 unspecified atom stereocenters. The average Bonchev–Trinajstić information content (AvgIpc) is 1.62. The number of nitrogens with zero attached hydrogens (tertiary/aromatic N) is 12. The van der Waals surface area contributed by atoms with Crippen molar-refractivity contribution in [3.63, 3.8) is 0 Å². The molecule has 0 bridgehead atoms. The minimum Gasteiger partial charge on any atom is -0.457 e. The number of pyridine rings is 7. The number of thiocyanates is 1. The third kappa shape index (κ3) is 30.9. The van der Waals surface area contributed by atoms with Crippen molar-refractivity contribution in [3.8, 4) is 16.9 Å². The molecule has 11 aliphatic rings. The van der Waals surface area contributed by atoms with E-state index >= 15 is 0 Å². The number of nitriles is 1. The van der Waals surface area contributed by atoms with Crippen molar-refractivity contribution in [3.05, 3.63) is 239 Å². The van der Waals surface area contributed by atoms with Gasteiger partial charge in [0.05, 0.1) is 81.7 Å². The number of aryl methyl sites for hydroxylation is 1. The number of imidazole rings is 1. The number of carbonyl (C=O) groups is 1. The fourth-order valence-electron chi connectivity index (χ4n) is 16.1. The Hall–Kier alpha value is -10.2. The third-order valence-electron chi connectivity index (χ3n) is 24.5. The number of fused-ring (bicyclic) bond motifs is 1. The second-order valence-electron chi connectivity index (χ2n) is 35.7. The number of ketones is 1. The molecule has 20 rings (SSSR count). The van der Waals surface area contributed by atoms with Gasteiger partial charge in [0, 0.05) is 203 Å². The number of H-pyrrole nitrogens is 1. The lowest BCUT2D eigenvalue weighted by Crippen LogP contribution is -2.26. The predicted octanol–water partition coefficient (Wildman–Crippen LogP) is 14.3. The molecule has 6 aliphatic heterocycles. The van der Waals surface area contributed by atoms with Gasteiger partial charge in [-0.3, -0.25) is 68.9 Å². The van der Waals surface area contributed by atoms with E-state index in [-0.39, 0.29) is 59.6 Å². The van der Waals surface area contributed by atoms with Gasteiger partial charge in [-0.25, -0.2) is 4.98 Å². The first-order valence-corrected chi connectivity index (χ1v) is 48.8. The molecule has 9 aromatic rings. The van der Waals surface area contributed by atoms with Crippen LogP contribution in [0.2, 0.25) is 5.82 Å². The highest BCUT2D eigenvalue weighted by molar-refractivity contribution is 9.10. The first kappa shape index (κ1) is 104. The number of alkyl halides is 1. The van der Waals surface area contributed by atoms with Crippen LogP contribution in [0, 0.1) is 76.5 Å². The fraction of sp³-hybridized carbons (Fsp3) is 0.527. The molecule has 135 heavy (non-hydrogen) atoms. The van der Waals surface area contributed by atoms with Crippen LogP contribution in [0.3, 0.4) is 0 Å². The van der Waals surface area contributed by atoms with Gasteiger partial charge in [-0.1, -0.05) is 36.2 Å². The quantitative estimate of drug-likeness (QED) is 0.00839. The Morgan fingerprint density at radius 1 is 0.556 bits per heavy atom. The summed E-state index contributed by atoms with van der Waals surface area (Å²) in [4.78, 5) is 125.